The molecular formula is C20H21N5O2S. The van der Waals surface area contributed by atoms with Crippen molar-refractivity contribution in [2.24, 2.45) is 5.73 Å². The first-order valence-electron chi connectivity index (χ1n) is 8.85. The van der Waals surface area contributed by atoms with Gasteiger partial charge in [-0.2, -0.15) is 0 Å². The highest BCUT2D eigenvalue weighted by Crippen LogP contribution is 2.27. The van der Waals surface area contributed by atoms with Crippen LogP contribution < -0.4 is 11.1 Å². The van der Waals surface area contributed by atoms with Crippen molar-refractivity contribution in [1.29, 1.82) is 0 Å². The van der Waals surface area contributed by atoms with Crippen LogP contribution in [0.25, 0.3) is 11.4 Å². The maximum Gasteiger partial charge on any atom is 0.248 e. The zero-order valence-electron chi connectivity index (χ0n) is 15.6. The largest absolute Gasteiger partial charge is 0.366 e. The first-order valence-corrected chi connectivity index (χ1v) is 9.73. The molecule has 28 heavy (non-hydrogen) atoms. The molecule has 0 saturated heterocycles. The molecule has 3 rings (SSSR count). The van der Waals surface area contributed by atoms with E-state index in [1.807, 2.05) is 48.7 Å². The summed E-state index contributed by atoms with van der Waals surface area (Å²) >= 11 is 1.35. The monoisotopic (exact) mass is 395 g/mol. The number of amides is 2. The molecule has 0 spiro atoms. The molecule has 7 nitrogen and oxygen atoms in total. The van der Waals surface area contributed by atoms with Crippen LogP contribution in [0.3, 0.4) is 0 Å². The number of anilines is 1. The highest BCUT2D eigenvalue weighted by molar-refractivity contribution is 8.00. The fourth-order valence-corrected chi connectivity index (χ4v) is 3.55. The van der Waals surface area contributed by atoms with Gasteiger partial charge in [0.05, 0.1) is 5.25 Å². The Bertz CT molecular complexity index is 970. The molecule has 1 atom stereocenters. The van der Waals surface area contributed by atoms with Gasteiger partial charge in [-0.1, -0.05) is 42.1 Å². The van der Waals surface area contributed by atoms with E-state index in [4.69, 9.17) is 5.73 Å². The number of thioether (sulfide) groups is 1. The molecular weight excluding hydrogens is 374 g/mol. The standard InChI is InChI=1S/C20H21N5O2S/c1-3-25-18(15-7-5-4-6-8-15)23-24-20(25)28-13(2)19(27)22-16-11-9-14(10-12-16)17(21)26/h4-13H,3H2,1-2H3,(H2,21,26)(H,22,27)/t13-/m1/s1. The van der Waals surface area contributed by atoms with Gasteiger partial charge in [0.2, 0.25) is 11.8 Å². The lowest BCUT2D eigenvalue weighted by molar-refractivity contribution is -0.115. The summed E-state index contributed by atoms with van der Waals surface area (Å²) in [6.07, 6.45) is 0. The fraction of sp³-hybridized carbons (Fsp3) is 0.200. The number of rotatable bonds is 7. The number of hydrogen-bond donors (Lipinski definition) is 2. The maximum atomic E-state index is 12.5. The van der Waals surface area contributed by atoms with Crippen molar-refractivity contribution in [2.45, 2.75) is 30.8 Å². The number of nitrogens with one attached hydrogen (secondary N) is 1. The van der Waals surface area contributed by atoms with Crippen LogP contribution in [0.1, 0.15) is 24.2 Å². The minimum absolute atomic E-state index is 0.163. The van der Waals surface area contributed by atoms with Crippen molar-refractivity contribution in [3.05, 3.63) is 60.2 Å². The van der Waals surface area contributed by atoms with Crippen molar-refractivity contribution in [3.63, 3.8) is 0 Å². The van der Waals surface area contributed by atoms with Crippen molar-refractivity contribution in [3.8, 4) is 11.4 Å². The molecule has 0 radical (unpaired) electrons. The average molecular weight is 395 g/mol. The van der Waals surface area contributed by atoms with Gasteiger partial charge in [-0.3, -0.25) is 9.59 Å². The lowest BCUT2D eigenvalue weighted by atomic mass is 10.2. The van der Waals surface area contributed by atoms with Gasteiger partial charge in [0.25, 0.3) is 0 Å². The number of nitrogens with zero attached hydrogens (tertiary/aromatic N) is 3. The molecule has 0 aliphatic heterocycles. The van der Waals surface area contributed by atoms with Crippen molar-refractivity contribution < 1.29 is 9.59 Å². The molecule has 1 aromatic heterocycles. The number of nitrogens with two attached hydrogens (primary N) is 1. The zero-order valence-corrected chi connectivity index (χ0v) is 16.4. The third-order valence-electron chi connectivity index (χ3n) is 4.15. The minimum atomic E-state index is -0.505. The third-order valence-corrected chi connectivity index (χ3v) is 5.23. The van der Waals surface area contributed by atoms with Crippen LogP contribution in [-0.2, 0) is 11.3 Å². The van der Waals surface area contributed by atoms with Gasteiger partial charge in [0.15, 0.2) is 11.0 Å². The highest BCUT2D eigenvalue weighted by atomic mass is 32.2. The molecule has 144 valence electrons. The second-order valence-electron chi connectivity index (χ2n) is 6.11. The van der Waals surface area contributed by atoms with Crippen LogP contribution in [-0.4, -0.2) is 31.8 Å². The van der Waals surface area contributed by atoms with Crippen LogP contribution in [0.4, 0.5) is 5.69 Å². The normalized spacial score (nSPS) is 11.8. The fourth-order valence-electron chi connectivity index (χ4n) is 2.64. The lowest BCUT2D eigenvalue weighted by Crippen LogP contribution is -2.23. The molecule has 1 heterocycles. The Morgan fingerprint density at radius 2 is 1.79 bits per heavy atom. The second-order valence-corrected chi connectivity index (χ2v) is 7.42. The number of hydrogen-bond acceptors (Lipinski definition) is 5. The molecule has 0 aliphatic rings. The van der Waals surface area contributed by atoms with Crippen LogP contribution in [0, 0.1) is 0 Å². The van der Waals surface area contributed by atoms with Crippen LogP contribution in [0.2, 0.25) is 0 Å². The van der Waals surface area contributed by atoms with Gasteiger partial charge in [-0.15, -0.1) is 10.2 Å². The second kappa shape index (κ2) is 8.71. The average Bonchev–Trinajstić information content (AvgIpc) is 3.11. The number of primary amides is 1. The molecule has 0 aliphatic carbocycles. The van der Waals surface area contributed by atoms with E-state index in [1.165, 1.54) is 11.8 Å². The maximum absolute atomic E-state index is 12.5. The SMILES string of the molecule is CCn1c(S[C@H](C)C(=O)Nc2ccc(C(N)=O)cc2)nnc1-c1ccccc1. The Kier molecular flexibility index (Phi) is 6.10. The Morgan fingerprint density at radius 1 is 1.11 bits per heavy atom. The van der Waals surface area contributed by atoms with Crippen LogP contribution >= 0.6 is 11.8 Å². The van der Waals surface area contributed by atoms with Crippen molar-refractivity contribution in [2.75, 3.05) is 5.32 Å². The summed E-state index contributed by atoms with van der Waals surface area (Å²) in [6, 6.07) is 16.3. The van der Waals surface area contributed by atoms with E-state index in [9.17, 15) is 9.59 Å². The van der Waals surface area contributed by atoms with E-state index in [-0.39, 0.29) is 11.2 Å². The molecule has 0 bridgehead atoms. The van der Waals surface area contributed by atoms with E-state index in [1.54, 1.807) is 24.3 Å². The predicted octanol–water partition coefficient (Wildman–Crippen LogP) is 3.18. The summed E-state index contributed by atoms with van der Waals surface area (Å²) in [5.41, 5.74) is 7.20. The van der Waals surface area contributed by atoms with Crippen LogP contribution in [0.15, 0.2) is 59.8 Å². The van der Waals surface area contributed by atoms with Crippen molar-refractivity contribution in [1.82, 2.24) is 14.8 Å². The first-order chi connectivity index (χ1) is 13.5. The summed E-state index contributed by atoms with van der Waals surface area (Å²) in [4.78, 5) is 23.7. The number of carbonyl (C=O) groups excluding carboxylic acids is 2. The highest BCUT2D eigenvalue weighted by Gasteiger charge is 2.20. The molecule has 2 aromatic carbocycles. The Hall–Kier alpha value is -3.13. The lowest BCUT2D eigenvalue weighted by Gasteiger charge is -2.13. The van der Waals surface area contributed by atoms with E-state index in [2.05, 4.69) is 15.5 Å². The van der Waals surface area contributed by atoms with E-state index >= 15 is 0 Å². The van der Waals surface area contributed by atoms with Crippen LogP contribution in [0.5, 0.6) is 0 Å². The summed E-state index contributed by atoms with van der Waals surface area (Å²) < 4.78 is 1.99. The first kappa shape index (κ1) is 19.6. The minimum Gasteiger partial charge on any atom is -0.366 e. The smallest absolute Gasteiger partial charge is 0.248 e. The van der Waals surface area contributed by atoms with Crippen molar-refractivity contribution >= 4 is 29.3 Å². The molecule has 3 N–H and O–H groups in total. The molecule has 3 aromatic rings. The third kappa shape index (κ3) is 4.40. The predicted molar refractivity (Wildman–Crippen MR) is 110 cm³/mol. The van der Waals surface area contributed by atoms with E-state index in [0.29, 0.717) is 23.0 Å². The van der Waals surface area contributed by atoms with Gasteiger partial charge in [-0.05, 0) is 38.1 Å². The zero-order chi connectivity index (χ0) is 20.1. The molecule has 8 heteroatoms. The number of aromatic nitrogens is 3. The Balaban J connectivity index is 1.70. The molecule has 0 fully saturated rings. The molecule has 2 amide bonds. The van der Waals surface area contributed by atoms with Gasteiger partial charge < -0.3 is 15.6 Å². The van der Waals surface area contributed by atoms with E-state index < -0.39 is 5.91 Å². The Morgan fingerprint density at radius 3 is 2.39 bits per heavy atom. The number of benzene rings is 2. The summed E-state index contributed by atoms with van der Waals surface area (Å²) in [7, 11) is 0. The van der Waals surface area contributed by atoms with E-state index in [0.717, 1.165) is 11.4 Å². The topological polar surface area (TPSA) is 103 Å². The van der Waals surface area contributed by atoms with Gasteiger partial charge in [0.1, 0.15) is 0 Å². The molecule has 0 unspecified atom stereocenters. The summed E-state index contributed by atoms with van der Waals surface area (Å²) in [5.74, 6) is 0.110. The number of carbonyl (C=O) groups is 2. The summed E-state index contributed by atoms with van der Waals surface area (Å²) in [5, 5.41) is 11.7. The summed E-state index contributed by atoms with van der Waals surface area (Å²) in [6.45, 7) is 4.53. The quantitative estimate of drug-likeness (QED) is 0.598. The van der Waals surface area contributed by atoms with Gasteiger partial charge in [-0.25, -0.2) is 0 Å². The Labute approximate surface area is 167 Å². The molecule has 0 saturated carbocycles. The van der Waals surface area contributed by atoms with Gasteiger partial charge >= 0.3 is 0 Å². The van der Waals surface area contributed by atoms with Gasteiger partial charge in [0, 0.05) is 23.4 Å².